The average molecular weight is 287 g/mol. The number of piperidine rings is 1. The van der Waals surface area contributed by atoms with Crippen molar-refractivity contribution in [2.24, 2.45) is 4.99 Å². The predicted octanol–water partition coefficient (Wildman–Crippen LogP) is 3.71. The lowest BCUT2D eigenvalue weighted by Crippen LogP contribution is -2.35. The Morgan fingerprint density at radius 2 is 2.05 bits per heavy atom. The molecular weight excluding hydrogens is 262 g/mol. The lowest BCUT2D eigenvalue weighted by molar-refractivity contribution is 0.254. The highest BCUT2D eigenvalue weighted by Gasteiger charge is 2.19. The minimum Gasteiger partial charge on any atom is -0.363 e. The highest BCUT2D eigenvalue weighted by molar-refractivity contribution is 6.01. The Labute approximate surface area is 127 Å². The number of likely N-dealkylation sites (tertiary alicyclic amines) is 1. The highest BCUT2D eigenvalue weighted by atomic mass is 16.2. The second-order valence-electron chi connectivity index (χ2n) is 5.42. The fourth-order valence-corrected chi connectivity index (χ4v) is 2.75. The summed E-state index contributed by atoms with van der Waals surface area (Å²) in [4.78, 5) is 20.8. The Balaban J connectivity index is 2.24. The third kappa shape index (κ3) is 3.63. The maximum atomic E-state index is 12.6. The molecule has 1 aromatic rings. The Morgan fingerprint density at radius 1 is 1.29 bits per heavy atom. The molecule has 21 heavy (non-hydrogen) atoms. The van der Waals surface area contributed by atoms with Crippen molar-refractivity contribution in [1.82, 2.24) is 4.90 Å². The van der Waals surface area contributed by atoms with E-state index in [4.69, 9.17) is 0 Å². The molecule has 114 valence electrons. The van der Waals surface area contributed by atoms with E-state index in [-0.39, 0.29) is 6.03 Å². The summed E-state index contributed by atoms with van der Waals surface area (Å²) in [5.41, 5.74) is 2.17. The van der Waals surface area contributed by atoms with Crippen LogP contribution in [0, 0.1) is 0 Å². The first-order valence-electron chi connectivity index (χ1n) is 7.85. The largest absolute Gasteiger partial charge is 0.363 e. The number of nitrogens with zero attached hydrogens (tertiary/aromatic N) is 3. The first-order chi connectivity index (χ1) is 10.2. The van der Waals surface area contributed by atoms with Crippen LogP contribution >= 0.6 is 0 Å². The van der Waals surface area contributed by atoms with Gasteiger partial charge in [0.05, 0.1) is 0 Å². The van der Waals surface area contributed by atoms with Crippen LogP contribution in [0.25, 0.3) is 0 Å². The molecule has 2 rings (SSSR count). The zero-order chi connectivity index (χ0) is 15.2. The van der Waals surface area contributed by atoms with Crippen LogP contribution in [0.15, 0.2) is 29.3 Å². The van der Waals surface area contributed by atoms with Crippen LogP contribution in [0.1, 0.15) is 38.7 Å². The maximum Gasteiger partial charge on any atom is 0.349 e. The van der Waals surface area contributed by atoms with Crippen LogP contribution < -0.4 is 4.90 Å². The van der Waals surface area contributed by atoms with E-state index in [9.17, 15) is 4.79 Å². The van der Waals surface area contributed by atoms with E-state index in [0.29, 0.717) is 6.54 Å². The van der Waals surface area contributed by atoms with Gasteiger partial charge in [0.15, 0.2) is 0 Å². The van der Waals surface area contributed by atoms with Gasteiger partial charge < -0.3 is 4.90 Å². The van der Waals surface area contributed by atoms with E-state index >= 15 is 0 Å². The fraction of sp³-hybridized carbons (Fsp3) is 0.529. The molecule has 1 saturated heterocycles. The third-order valence-electron chi connectivity index (χ3n) is 4.02. The van der Waals surface area contributed by atoms with Gasteiger partial charge in [0, 0.05) is 32.2 Å². The lowest BCUT2D eigenvalue weighted by atomic mass is 10.1. The normalized spacial score (nSPS) is 17.1. The van der Waals surface area contributed by atoms with Crippen LogP contribution in [0.5, 0.6) is 0 Å². The van der Waals surface area contributed by atoms with Crippen LogP contribution in [0.3, 0.4) is 0 Å². The third-order valence-corrected chi connectivity index (χ3v) is 4.02. The molecular formula is C17H25N3O. The SMILES string of the molecule is CCc1ccccc1N(CC)C(=O)N=C1CCCCN1C. The molecule has 1 aliphatic rings. The van der Waals surface area contributed by atoms with Gasteiger partial charge in [-0.25, -0.2) is 4.79 Å². The van der Waals surface area contributed by atoms with Gasteiger partial charge in [0.1, 0.15) is 5.84 Å². The first kappa shape index (κ1) is 15.5. The van der Waals surface area contributed by atoms with E-state index < -0.39 is 0 Å². The molecule has 0 saturated carbocycles. The number of benzene rings is 1. The van der Waals surface area contributed by atoms with Gasteiger partial charge >= 0.3 is 6.03 Å². The zero-order valence-electron chi connectivity index (χ0n) is 13.3. The summed E-state index contributed by atoms with van der Waals surface area (Å²) in [6, 6.07) is 7.92. The molecule has 1 fully saturated rings. The summed E-state index contributed by atoms with van der Waals surface area (Å²) < 4.78 is 0. The summed E-state index contributed by atoms with van der Waals surface area (Å²) in [5.74, 6) is 0.915. The summed E-state index contributed by atoms with van der Waals surface area (Å²) in [6.07, 6.45) is 4.11. The van der Waals surface area contributed by atoms with Crippen molar-refractivity contribution < 1.29 is 4.79 Å². The first-order valence-corrected chi connectivity index (χ1v) is 7.85. The van der Waals surface area contributed by atoms with Gasteiger partial charge in [-0.15, -0.1) is 0 Å². The van der Waals surface area contributed by atoms with Gasteiger partial charge in [0.25, 0.3) is 0 Å². The molecule has 0 aromatic heterocycles. The van der Waals surface area contributed by atoms with E-state index in [1.54, 1.807) is 4.90 Å². The summed E-state index contributed by atoms with van der Waals surface area (Å²) >= 11 is 0. The summed E-state index contributed by atoms with van der Waals surface area (Å²) in [6.45, 7) is 5.73. The predicted molar refractivity (Wildman–Crippen MR) is 88.2 cm³/mol. The number of aryl methyl sites for hydroxylation is 1. The van der Waals surface area contributed by atoms with Crippen molar-refractivity contribution in [2.45, 2.75) is 39.5 Å². The number of hydrogen-bond donors (Lipinski definition) is 0. The van der Waals surface area contributed by atoms with Crippen LogP contribution in [-0.4, -0.2) is 36.9 Å². The molecule has 0 spiro atoms. The van der Waals surface area contributed by atoms with Crippen molar-refractivity contribution in [3.63, 3.8) is 0 Å². The monoisotopic (exact) mass is 287 g/mol. The van der Waals surface area contributed by atoms with Gasteiger partial charge in [-0.3, -0.25) is 4.90 Å². The van der Waals surface area contributed by atoms with Crippen molar-refractivity contribution in [3.8, 4) is 0 Å². The number of carbonyl (C=O) groups excluding carboxylic acids is 1. The smallest absolute Gasteiger partial charge is 0.349 e. The van der Waals surface area contributed by atoms with Crippen LogP contribution in [0.4, 0.5) is 10.5 Å². The number of hydrogen-bond acceptors (Lipinski definition) is 1. The number of para-hydroxylation sites is 1. The number of amides is 2. The standard InChI is InChI=1S/C17H25N3O/c1-4-14-10-6-7-11-15(14)20(5-2)17(21)18-16-12-8-9-13-19(16)3/h6-7,10-11H,4-5,8-9,12-13H2,1-3H3. The van der Waals surface area contributed by atoms with Gasteiger partial charge in [0.2, 0.25) is 0 Å². The van der Waals surface area contributed by atoms with E-state index in [1.807, 2.05) is 32.2 Å². The van der Waals surface area contributed by atoms with E-state index in [0.717, 1.165) is 37.3 Å². The number of anilines is 1. The average Bonchev–Trinajstić information content (AvgIpc) is 2.51. The summed E-state index contributed by atoms with van der Waals surface area (Å²) in [7, 11) is 2.02. The number of rotatable bonds is 3. The molecule has 1 heterocycles. The molecule has 0 aliphatic carbocycles. The fourth-order valence-electron chi connectivity index (χ4n) is 2.75. The van der Waals surface area contributed by atoms with Gasteiger partial charge in [-0.1, -0.05) is 25.1 Å². The van der Waals surface area contributed by atoms with Crippen molar-refractivity contribution >= 4 is 17.6 Å². The van der Waals surface area contributed by atoms with E-state index in [1.165, 1.54) is 12.0 Å². The number of amidine groups is 1. The second-order valence-corrected chi connectivity index (χ2v) is 5.42. The van der Waals surface area contributed by atoms with Gasteiger partial charge in [-0.2, -0.15) is 4.99 Å². The molecule has 0 bridgehead atoms. The Morgan fingerprint density at radius 3 is 2.71 bits per heavy atom. The van der Waals surface area contributed by atoms with Gasteiger partial charge in [-0.05, 0) is 37.8 Å². The zero-order valence-corrected chi connectivity index (χ0v) is 13.3. The second kappa shape index (κ2) is 7.25. The lowest BCUT2D eigenvalue weighted by Gasteiger charge is -2.27. The van der Waals surface area contributed by atoms with Crippen molar-refractivity contribution in [3.05, 3.63) is 29.8 Å². The Hall–Kier alpha value is -1.84. The molecule has 0 N–H and O–H groups in total. The van der Waals surface area contributed by atoms with Crippen LogP contribution in [-0.2, 0) is 6.42 Å². The minimum atomic E-state index is -0.151. The molecule has 0 radical (unpaired) electrons. The molecule has 2 amide bonds. The van der Waals surface area contributed by atoms with Crippen LogP contribution in [0.2, 0.25) is 0 Å². The molecule has 4 nitrogen and oxygen atoms in total. The topological polar surface area (TPSA) is 35.9 Å². The maximum absolute atomic E-state index is 12.6. The minimum absolute atomic E-state index is 0.151. The Bertz CT molecular complexity index is 525. The molecule has 4 heteroatoms. The quantitative estimate of drug-likeness (QED) is 0.849. The van der Waals surface area contributed by atoms with Crippen molar-refractivity contribution in [1.29, 1.82) is 0 Å². The molecule has 0 unspecified atom stereocenters. The molecule has 1 aliphatic heterocycles. The highest BCUT2D eigenvalue weighted by Crippen LogP contribution is 2.22. The Kier molecular flexibility index (Phi) is 5.37. The molecule has 0 atom stereocenters. The van der Waals surface area contributed by atoms with E-state index in [2.05, 4.69) is 22.9 Å². The summed E-state index contributed by atoms with van der Waals surface area (Å²) in [5, 5.41) is 0. The number of aliphatic imine (C=N–C) groups is 1. The molecule has 1 aromatic carbocycles. The number of carbonyl (C=O) groups is 1. The van der Waals surface area contributed by atoms with Crippen molar-refractivity contribution in [2.75, 3.05) is 25.0 Å². The number of urea groups is 1.